The molecule has 2 aromatic heterocycles. The highest BCUT2D eigenvalue weighted by molar-refractivity contribution is 7.98. The Morgan fingerprint density at radius 2 is 2.33 bits per heavy atom. The van der Waals surface area contributed by atoms with Crippen molar-refractivity contribution in [1.29, 1.82) is 0 Å². The van der Waals surface area contributed by atoms with E-state index >= 15 is 0 Å². The lowest BCUT2D eigenvalue weighted by molar-refractivity contribution is -0.402. The second-order valence-corrected chi connectivity index (χ2v) is 4.23. The lowest BCUT2D eigenvalue weighted by Gasteiger charge is -1.98. The Kier molecular flexibility index (Phi) is 3.33. The third-order valence-corrected chi connectivity index (χ3v) is 2.81. The third kappa shape index (κ3) is 2.88. The van der Waals surface area contributed by atoms with Crippen LogP contribution in [-0.2, 0) is 5.75 Å². The molecule has 8 nitrogen and oxygen atoms in total. The molecule has 0 aliphatic carbocycles. The van der Waals surface area contributed by atoms with Gasteiger partial charge >= 0.3 is 5.88 Å². The second-order valence-electron chi connectivity index (χ2n) is 3.26. The number of furan rings is 1. The minimum absolute atomic E-state index is 0.117. The van der Waals surface area contributed by atoms with Crippen molar-refractivity contribution in [3.8, 4) is 0 Å². The summed E-state index contributed by atoms with van der Waals surface area (Å²) < 4.78 is 4.96. The van der Waals surface area contributed by atoms with Crippen LogP contribution in [0.5, 0.6) is 0 Å². The van der Waals surface area contributed by atoms with Crippen molar-refractivity contribution in [2.24, 2.45) is 0 Å². The summed E-state index contributed by atoms with van der Waals surface area (Å²) in [6, 6.07) is 3.93. The number of anilines is 1. The summed E-state index contributed by atoms with van der Waals surface area (Å²) in [5.74, 6) is 0.517. The molecule has 0 spiro atoms. The summed E-state index contributed by atoms with van der Waals surface area (Å²) in [5.41, 5.74) is 5.06. The van der Waals surface area contributed by atoms with Crippen LogP contribution in [0.2, 0.25) is 0 Å². The number of aromatic nitrogens is 2. The van der Waals surface area contributed by atoms with E-state index in [0.29, 0.717) is 16.7 Å². The smallest absolute Gasteiger partial charge is 0.405 e. The molecule has 0 aliphatic rings. The number of thioether (sulfide) groups is 1. The molecule has 0 aliphatic heterocycles. The van der Waals surface area contributed by atoms with Crippen LogP contribution in [0.25, 0.3) is 0 Å². The van der Waals surface area contributed by atoms with Gasteiger partial charge < -0.3 is 15.1 Å². The summed E-state index contributed by atoms with van der Waals surface area (Å²) in [5, 5.41) is 10.7. The Hall–Kier alpha value is -2.29. The number of nitrogens with two attached hydrogens (primary N) is 1. The molecule has 9 heteroatoms. The minimum Gasteiger partial charge on any atom is -0.405 e. The van der Waals surface area contributed by atoms with E-state index in [1.165, 1.54) is 18.2 Å². The fraction of sp³-hybridized carbons (Fsp3) is 0.111. The van der Waals surface area contributed by atoms with Crippen LogP contribution < -0.4 is 11.3 Å². The van der Waals surface area contributed by atoms with Crippen molar-refractivity contribution in [3.05, 3.63) is 44.4 Å². The number of H-pyrrole nitrogens is 1. The zero-order chi connectivity index (χ0) is 13.1. The molecule has 2 heterocycles. The first-order valence-corrected chi connectivity index (χ1v) is 5.76. The molecule has 0 atom stereocenters. The number of nitrogen functional groups attached to an aromatic ring is 1. The van der Waals surface area contributed by atoms with E-state index < -0.39 is 4.92 Å². The van der Waals surface area contributed by atoms with Crippen molar-refractivity contribution in [2.45, 2.75) is 10.9 Å². The van der Waals surface area contributed by atoms with Crippen LogP contribution in [0.15, 0.2) is 32.6 Å². The SMILES string of the molecule is Nc1cc(=O)[nH]c(SCc2ccc([N+](=O)[O-])o2)n1. The lowest BCUT2D eigenvalue weighted by Crippen LogP contribution is -2.09. The molecule has 3 N–H and O–H groups in total. The molecule has 0 saturated heterocycles. The molecule has 94 valence electrons. The molecule has 0 saturated carbocycles. The Bertz CT molecular complexity index is 635. The normalized spacial score (nSPS) is 10.4. The van der Waals surface area contributed by atoms with Crippen LogP contribution in [0, 0.1) is 10.1 Å². The standard InChI is InChI=1S/C9H8N4O4S/c10-6-3-7(14)12-9(11-6)18-4-5-1-2-8(17-5)13(15)16/h1-3H,4H2,(H3,10,11,12,14). The largest absolute Gasteiger partial charge is 0.433 e. The van der Waals surface area contributed by atoms with E-state index in [0.717, 1.165) is 11.8 Å². The molecule has 0 bridgehead atoms. The monoisotopic (exact) mass is 268 g/mol. The first-order valence-electron chi connectivity index (χ1n) is 4.77. The predicted molar refractivity (Wildman–Crippen MR) is 64.2 cm³/mol. The fourth-order valence-electron chi connectivity index (χ4n) is 1.20. The zero-order valence-corrected chi connectivity index (χ0v) is 9.77. The number of hydrogen-bond acceptors (Lipinski definition) is 7. The van der Waals surface area contributed by atoms with Gasteiger partial charge in [0.25, 0.3) is 5.56 Å². The number of nitro groups is 1. The van der Waals surface area contributed by atoms with Crippen LogP contribution in [0.4, 0.5) is 11.7 Å². The molecule has 2 aromatic rings. The van der Waals surface area contributed by atoms with Gasteiger partial charge in [0.1, 0.15) is 16.5 Å². The highest BCUT2D eigenvalue weighted by atomic mass is 32.2. The van der Waals surface area contributed by atoms with Crippen molar-refractivity contribution >= 4 is 23.5 Å². The number of hydrogen-bond donors (Lipinski definition) is 2. The maximum Gasteiger partial charge on any atom is 0.433 e. The van der Waals surface area contributed by atoms with E-state index in [1.807, 2.05) is 0 Å². The highest BCUT2D eigenvalue weighted by Gasteiger charge is 2.12. The van der Waals surface area contributed by atoms with Gasteiger partial charge in [0.05, 0.1) is 11.8 Å². The molecule has 0 amide bonds. The van der Waals surface area contributed by atoms with Crippen LogP contribution in [0.3, 0.4) is 0 Å². The van der Waals surface area contributed by atoms with Gasteiger partial charge in [-0.05, 0) is 6.07 Å². The van der Waals surface area contributed by atoms with Gasteiger partial charge in [0.2, 0.25) is 0 Å². The Morgan fingerprint density at radius 1 is 1.56 bits per heavy atom. The van der Waals surface area contributed by atoms with Crippen LogP contribution >= 0.6 is 11.8 Å². The van der Waals surface area contributed by atoms with E-state index in [-0.39, 0.29) is 17.3 Å². The number of rotatable bonds is 4. The highest BCUT2D eigenvalue weighted by Crippen LogP contribution is 2.23. The van der Waals surface area contributed by atoms with E-state index in [2.05, 4.69) is 9.97 Å². The average molecular weight is 268 g/mol. The van der Waals surface area contributed by atoms with Gasteiger partial charge in [-0.15, -0.1) is 0 Å². The first kappa shape index (κ1) is 12.2. The Balaban J connectivity index is 2.06. The second kappa shape index (κ2) is 4.92. The molecule has 0 fully saturated rings. The van der Waals surface area contributed by atoms with Crippen LogP contribution in [-0.4, -0.2) is 14.9 Å². The summed E-state index contributed by atoms with van der Waals surface area (Å²) >= 11 is 1.16. The first-order chi connectivity index (χ1) is 8.54. The Labute approximate surface area is 104 Å². The number of nitrogens with zero attached hydrogens (tertiary/aromatic N) is 2. The quantitative estimate of drug-likeness (QED) is 0.368. The molecule has 0 aromatic carbocycles. The summed E-state index contributed by atoms with van der Waals surface area (Å²) in [6.45, 7) is 0. The van der Waals surface area contributed by atoms with Crippen molar-refractivity contribution in [3.63, 3.8) is 0 Å². The van der Waals surface area contributed by atoms with E-state index in [9.17, 15) is 14.9 Å². The third-order valence-electron chi connectivity index (χ3n) is 1.92. The van der Waals surface area contributed by atoms with Gasteiger partial charge in [0.15, 0.2) is 5.16 Å². The summed E-state index contributed by atoms with van der Waals surface area (Å²) in [6.07, 6.45) is 0. The zero-order valence-electron chi connectivity index (χ0n) is 8.95. The molecule has 2 rings (SSSR count). The molecule has 18 heavy (non-hydrogen) atoms. The number of aromatic amines is 1. The topological polar surface area (TPSA) is 128 Å². The lowest BCUT2D eigenvalue weighted by atomic mass is 10.5. The molecule has 0 radical (unpaired) electrons. The Morgan fingerprint density at radius 3 is 2.94 bits per heavy atom. The minimum atomic E-state index is -0.616. The average Bonchev–Trinajstić information content (AvgIpc) is 2.73. The predicted octanol–water partition coefficient (Wildman–Crippen LogP) is 1.15. The van der Waals surface area contributed by atoms with Gasteiger partial charge in [-0.1, -0.05) is 11.8 Å². The number of nitrogens with one attached hydrogen (secondary N) is 1. The van der Waals surface area contributed by atoms with Gasteiger partial charge in [-0.25, -0.2) is 4.98 Å². The van der Waals surface area contributed by atoms with Gasteiger partial charge in [-0.3, -0.25) is 14.9 Å². The van der Waals surface area contributed by atoms with Crippen molar-refractivity contribution < 1.29 is 9.34 Å². The molecule has 0 unspecified atom stereocenters. The fourth-order valence-corrected chi connectivity index (χ4v) is 1.98. The molecular formula is C9H8N4O4S. The van der Waals surface area contributed by atoms with E-state index in [1.54, 1.807) is 0 Å². The molecular weight excluding hydrogens is 260 g/mol. The maximum atomic E-state index is 11.1. The maximum absolute atomic E-state index is 11.1. The van der Waals surface area contributed by atoms with Crippen molar-refractivity contribution in [2.75, 3.05) is 5.73 Å². The summed E-state index contributed by atoms with van der Waals surface area (Å²) in [4.78, 5) is 27.3. The van der Waals surface area contributed by atoms with Crippen LogP contribution in [0.1, 0.15) is 5.76 Å². The van der Waals surface area contributed by atoms with Gasteiger partial charge in [0, 0.05) is 6.07 Å². The van der Waals surface area contributed by atoms with E-state index in [4.69, 9.17) is 10.2 Å². The van der Waals surface area contributed by atoms with Gasteiger partial charge in [-0.2, -0.15) is 0 Å². The van der Waals surface area contributed by atoms with Crippen molar-refractivity contribution in [1.82, 2.24) is 9.97 Å². The summed E-state index contributed by atoms with van der Waals surface area (Å²) in [7, 11) is 0.